The topological polar surface area (TPSA) is 105 Å². The Morgan fingerprint density at radius 2 is 0.667 bits per heavy atom. The maximum absolute atomic E-state index is 11.4. The molecular weight excluding hydrogens is 320 g/mol. The van der Waals surface area contributed by atoms with Gasteiger partial charge in [-0.2, -0.15) is 0 Å². The minimum absolute atomic E-state index is 0.0144. The van der Waals surface area contributed by atoms with E-state index in [0.717, 1.165) is 0 Å². The molecule has 0 amide bonds. The molecule has 8 nitrogen and oxygen atoms in total. The summed E-state index contributed by atoms with van der Waals surface area (Å²) >= 11 is 0. The quantitative estimate of drug-likeness (QED) is 0.363. The molecule has 0 unspecified atom stereocenters. The van der Waals surface area contributed by atoms with Crippen LogP contribution in [0.25, 0.3) is 0 Å². The van der Waals surface area contributed by atoms with Gasteiger partial charge < -0.3 is 18.9 Å². The van der Waals surface area contributed by atoms with E-state index in [1.165, 1.54) is 24.3 Å². The second kappa shape index (κ2) is 11.9. The molecule has 0 aromatic carbocycles. The second-order valence-corrected chi connectivity index (χ2v) is 4.67. The SMILES string of the molecule is O=C1CCC(=O)OC/C=C/COC(=O)CCC(=O)OC/C=C/CO1. The van der Waals surface area contributed by atoms with Crippen LogP contribution in [0.2, 0.25) is 0 Å². The molecule has 1 heterocycles. The number of carbonyl (C=O) groups excluding carboxylic acids is 4. The van der Waals surface area contributed by atoms with Crippen molar-refractivity contribution in [2.24, 2.45) is 0 Å². The Bertz CT molecular complexity index is 416. The molecule has 0 aliphatic carbocycles. The molecule has 0 N–H and O–H groups in total. The van der Waals surface area contributed by atoms with Crippen LogP contribution in [-0.4, -0.2) is 50.3 Å². The molecule has 1 rings (SSSR count). The van der Waals surface area contributed by atoms with E-state index in [1.54, 1.807) is 0 Å². The zero-order valence-corrected chi connectivity index (χ0v) is 13.2. The zero-order chi connectivity index (χ0) is 17.6. The van der Waals surface area contributed by atoms with Crippen molar-refractivity contribution in [1.82, 2.24) is 0 Å². The Labute approximate surface area is 139 Å². The number of carbonyl (C=O) groups is 4. The molecule has 0 atom stereocenters. The molecule has 0 fully saturated rings. The highest BCUT2D eigenvalue weighted by Gasteiger charge is 2.09. The molecule has 1 aliphatic heterocycles. The van der Waals surface area contributed by atoms with Crippen LogP contribution < -0.4 is 0 Å². The van der Waals surface area contributed by atoms with Crippen LogP contribution in [0.5, 0.6) is 0 Å². The van der Waals surface area contributed by atoms with Gasteiger partial charge in [-0.25, -0.2) is 0 Å². The lowest BCUT2D eigenvalue weighted by molar-refractivity contribution is -0.149. The maximum Gasteiger partial charge on any atom is 0.306 e. The van der Waals surface area contributed by atoms with Crippen molar-refractivity contribution < 1.29 is 38.1 Å². The van der Waals surface area contributed by atoms with E-state index in [9.17, 15) is 19.2 Å². The minimum Gasteiger partial charge on any atom is -0.461 e. The molecule has 24 heavy (non-hydrogen) atoms. The third kappa shape index (κ3) is 10.1. The van der Waals surface area contributed by atoms with E-state index in [0.29, 0.717) is 0 Å². The number of cyclic esters (lactones) is 4. The van der Waals surface area contributed by atoms with E-state index in [4.69, 9.17) is 18.9 Å². The van der Waals surface area contributed by atoms with Crippen molar-refractivity contribution >= 4 is 23.9 Å². The number of ether oxygens (including phenoxy) is 4. The van der Waals surface area contributed by atoms with Crippen LogP contribution in [0.4, 0.5) is 0 Å². The lowest BCUT2D eigenvalue weighted by atomic mass is 10.3. The fourth-order valence-electron chi connectivity index (χ4n) is 1.53. The summed E-state index contributed by atoms with van der Waals surface area (Å²) in [5, 5.41) is 0. The standard InChI is InChI=1S/C16H20O8/c17-13-5-6-15(19)23-11-3-4-12-24-16(20)8-7-14(18)22-10-2-1-9-21-13/h1-4H,5-12H2/b2-1+,4-3+. The number of hydrogen-bond acceptors (Lipinski definition) is 8. The molecule has 0 spiro atoms. The maximum atomic E-state index is 11.4. The molecule has 1 aliphatic rings. The molecule has 0 saturated heterocycles. The molecule has 0 aromatic heterocycles. The highest BCUT2D eigenvalue weighted by molar-refractivity contribution is 5.78. The van der Waals surface area contributed by atoms with Gasteiger partial charge in [-0.3, -0.25) is 19.2 Å². The molecule has 0 bridgehead atoms. The van der Waals surface area contributed by atoms with Crippen molar-refractivity contribution in [1.29, 1.82) is 0 Å². The van der Waals surface area contributed by atoms with Crippen LogP contribution in [0.1, 0.15) is 25.7 Å². The van der Waals surface area contributed by atoms with Crippen molar-refractivity contribution in [3.8, 4) is 0 Å². The van der Waals surface area contributed by atoms with Gasteiger partial charge in [-0.1, -0.05) is 0 Å². The third-order valence-electron chi connectivity index (χ3n) is 2.76. The predicted octanol–water partition coefficient (Wildman–Crippen LogP) is 0.846. The molecular formula is C16H20O8. The van der Waals surface area contributed by atoms with Gasteiger partial charge in [0.1, 0.15) is 26.4 Å². The predicted molar refractivity (Wildman–Crippen MR) is 80.6 cm³/mol. The van der Waals surface area contributed by atoms with Crippen molar-refractivity contribution in [2.45, 2.75) is 25.7 Å². The van der Waals surface area contributed by atoms with Crippen LogP contribution in [0.3, 0.4) is 0 Å². The Morgan fingerprint density at radius 1 is 0.458 bits per heavy atom. The molecule has 132 valence electrons. The van der Waals surface area contributed by atoms with Gasteiger partial charge in [0.05, 0.1) is 25.7 Å². The molecule has 8 heteroatoms. The van der Waals surface area contributed by atoms with Crippen LogP contribution in [0, 0.1) is 0 Å². The van der Waals surface area contributed by atoms with Crippen molar-refractivity contribution in [3.05, 3.63) is 24.3 Å². The van der Waals surface area contributed by atoms with E-state index >= 15 is 0 Å². The average Bonchev–Trinajstić information content (AvgIpc) is 2.56. The lowest BCUT2D eigenvalue weighted by Crippen LogP contribution is -2.12. The summed E-state index contributed by atoms with van der Waals surface area (Å²) in [6.45, 7) is 0.0575. The van der Waals surface area contributed by atoms with E-state index in [2.05, 4.69) is 0 Å². The summed E-state index contributed by atoms with van der Waals surface area (Å²) in [4.78, 5) is 45.5. The van der Waals surface area contributed by atoms with Gasteiger partial charge in [0.2, 0.25) is 0 Å². The van der Waals surface area contributed by atoms with Crippen LogP contribution in [0.15, 0.2) is 24.3 Å². The summed E-state index contributed by atoms with van der Waals surface area (Å²) in [5.41, 5.74) is 0. The Kier molecular flexibility index (Phi) is 9.59. The first-order chi connectivity index (χ1) is 11.6. The Balaban J connectivity index is 2.46. The first-order valence-electron chi connectivity index (χ1n) is 7.50. The van der Waals surface area contributed by atoms with Gasteiger partial charge in [0.25, 0.3) is 0 Å². The van der Waals surface area contributed by atoms with Crippen LogP contribution in [-0.2, 0) is 38.1 Å². The highest BCUT2D eigenvalue weighted by atomic mass is 16.5. The van der Waals surface area contributed by atoms with Gasteiger partial charge in [-0.15, -0.1) is 0 Å². The number of esters is 4. The summed E-state index contributed by atoms with van der Waals surface area (Å²) in [7, 11) is 0. The largest absolute Gasteiger partial charge is 0.461 e. The normalized spacial score (nSPS) is 22.3. The second-order valence-electron chi connectivity index (χ2n) is 4.67. The van der Waals surface area contributed by atoms with E-state index < -0.39 is 23.9 Å². The van der Waals surface area contributed by atoms with Gasteiger partial charge >= 0.3 is 23.9 Å². The van der Waals surface area contributed by atoms with Crippen molar-refractivity contribution in [2.75, 3.05) is 26.4 Å². The van der Waals surface area contributed by atoms with Gasteiger partial charge in [-0.05, 0) is 24.3 Å². The summed E-state index contributed by atoms with van der Waals surface area (Å²) in [6, 6.07) is 0. The fourth-order valence-corrected chi connectivity index (χ4v) is 1.53. The monoisotopic (exact) mass is 340 g/mol. The zero-order valence-electron chi connectivity index (χ0n) is 13.2. The number of hydrogen-bond donors (Lipinski definition) is 0. The average molecular weight is 340 g/mol. The summed E-state index contributed by atoms with van der Waals surface area (Å²) in [5.74, 6) is -2.09. The van der Waals surface area contributed by atoms with Gasteiger partial charge in [0, 0.05) is 0 Å². The smallest absolute Gasteiger partial charge is 0.306 e. The number of rotatable bonds is 0. The highest BCUT2D eigenvalue weighted by Crippen LogP contribution is 1.99. The Hall–Kier alpha value is -2.64. The van der Waals surface area contributed by atoms with Crippen molar-refractivity contribution in [3.63, 3.8) is 0 Å². The lowest BCUT2D eigenvalue weighted by Gasteiger charge is -2.04. The summed E-state index contributed by atoms with van der Waals surface area (Å²) < 4.78 is 19.5. The van der Waals surface area contributed by atoms with E-state index in [1.807, 2.05) is 0 Å². The Morgan fingerprint density at radius 3 is 0.875 bits per heavy atom. The minimum atomic E-state index is -0.523. The third-order valence-corrected chi connectivity index (χ3v) is 2.76. The molecule has 0 saturated carbocycles. The fraction of sp³-hybridized carbons (Fsp3) is 0.500. The molecule has 0 radical (unpaired) electrons. The first kappa shape index (κ1) is 19.4. The van der Waals surface area contributed by atoms with E-state index in [-0.39, 0.29) is 52.1 Å². The summed E-state index contributed by atoms with van der Waals surface area (Å²) in [6.07, 6.45) is 5.74. The molecule has 0 aromatic rings. The van der Waals surface area contributed by atoms with Crippen LogP contribution >= 0.6 is 0 Å². The van der Waals surface area contributed by atoms with Gasteiger partial charge in [0.15, 0.2) is 0 Å². The first-order valence-corrected chi connectivity index (χ1v) is 7.50.